The molecule has 31 heavy (non-hydrogen) atoms. The van der Waals surface area contributed by atoms with Crippen LogP contribution in [-0.4, -0.2) is 39.6 Å². The second-order valence-electron chi connectivity index (χ2n) is 6.69. The highest BCUT2D eigenvalue weighted by Crippen LogP contribution is 2.31. The number of para-hydroxylation sites is 1. The van der Waals surface area contributed by atoms with Gasteiger partial charge in [0.15, 0.2) is 11.0 Å². The first-order valence-corrected chi connectivity index (χ1v) is 10.9. The number of anilines is 1. The Labute approximate surface area is 190 Å². The molecule has 0 aliphatic carbocycles. The van der Waals surface area contributed by atoms with E-state index in [9.17, 15) is 10.1 Å². The topological polar surface area (TPSA) is 92.8 Å². The number of halogens is 1. The van der Waals surface area contributed by atoms with Gasteiger partial charge in [0, 0.05) is 25.8 Å². The smallest absolute Gasteiger partial charge is 0.237 e. The first kappa shape index (κ1) is 22.8. The van der Waals surface area contributed by atoms with Crippen molar-refractivity contribution < 1.29 is 9.53 Å². The van der Waals surface area contributed by atoms with Crippen molar-refractivity contribution in [3.05, 3.63) is 59.1 Å². The summed E-state index contributed by atoms with van der Waals surface area (Å²) >= 11 is 7.67. The zero-order chi connectivity index (χ0) is 22.2. The molecule has 1 amide bonds. The van der Waals surface area contributed by atoms with E-state index >= 15 is 0 Å². The Bertz CT molecular complexity index is 1100. The molecule has 1 unspecified atom stereocenters. The molecule has 9 heteroatoms. The van der Waals surface area contributed by atoms with Gasteiger partial charge >= 0.3 is 0 Å². The number of hydrogen-bond acceptors (Lipinski definition) is 6. The number of nitriles is 1. The van der Waals surface area contributed by atoms with Crippen LogP contribution in [0.25, 0.3) is 11.4 Å². The molecule has 2 aromatic carbocycles. The molecule has 0 aliphatic heterocycles. The van der Waals surface area contributed by atoms with Crippen molar-refractivity contribution in [2.24, 2.45) is 0 Å². The summed E-state index contributed by atoms with van der Waals surface area (Å²) in [5.41, 5.74) is 1.68. The highest BCUT2D eigenvalue weighted by molar-refractivity contribution is 8.00. The van der Waals surface area contributed by atoms with E-state index in [1.807, 2.05) is 22.8 Å². The molecule has 3 rings (SSSR count). The molecule has 0 aliphatic rings. The summed E-state index contributed by atoms with van der Waals surface area (Å²) in [5, 5.41) is 21.4. The summed E-state index contributed by atoms with van der Waals surface area (Å²) in [6, 6.07) is 16.4. The third kappa shape index (κ3) is 5.64. The third-order valence-corrected chi connectivity index (χ3v) is 5.93. The fraction of sp³-hybridized carbons (Fsp3) is 0.273. The lowest BCUT2D eigenvalue weighted by molar-refractivity contribution is -0.115. The molecular formula is C22H22ClN5O2S. The minimum atomic E-state index is -0.462. The maximum absolute atomic E-state index is 12.7. The lowest BCUT2D eigenvalue weighted by atomic mass is 10.2. The lowest BCUT2D eigenvalue weighted by Crippen LogP contribution is -2.23. The van der Waals surface area contributed by atoms with Crippen LogP contribution in [-0.2, 0) is 16.1 Å². The first-order valence-electron chi connectivity index (χ1n) is 9.68. The number of carbonyl (C=O) groups is 1. The van der Waals surface area contributed by atoms with Crippen molar-refractivity contribution in [1.29, 1.82) is 5.26 Å². The van der Waals surface area contributed by atoms with Crippen molar-refractivity contribution in [3.8, 4) is 17.5 Å². The number of amides is 1. The number of nitrogens with one attached hydrogen (secondary N) is 1. The fourth-order valence-corrected chi connectivity index (χ4v) is 4.02. The third-order valence-electron chi connectivity index (χ3n) is 4.52. The van der Waals surface area contributed by atoms with Crippen molar-refractivity contribution in [3.63, 3.8) is 0 Å². The predicted molar refractivity (Wildman–Crippen MR) is 122 cm³/mol. The van der Waals surface area contributed by atoms with E-state index in [-0.39, 0.29) is 5.91 Å². The zero-order valence-electron chi connectivity index (χ0n) is 17.2. The van der Waals surface area contributed by atoms with Crippen LogP contribution in [0.15, 0.2) is 53.7 Å². The highest BCUT2D eigenvalue weighted by Gasteiger charge is 2.22. The number of carbonyl (C=O) groups excluding carboxylic acids is 1. The molecule has 3 aromatic rings. The molecule has 1 atom stereocenters. The molecule has 1 heterocycles. The minimum absolute atomic E-state index is 0.224. The van der Waals surface area contributed by atoms with Gasteiger partial charge in [-0.2, -0.15) is 5.26 Å². The standard InChI is InChI=1S/C22H22ClN5O2S/c1-15(21(29)25-19-11-6-3-8-16(19)14-24)31-22-27-26-20(28(22)12-7-13-30-2)17-9-4-5-10-18(17)23/h3-6,8-11,15H,7,12-13H2,1-2H3,(H,25,29). The zero-order valence-corrected chi connectivity index (χ0v) is 18.8. The van der Waals surface area contributed by atoms with Crippen LogP contribution in [0.5, 0.6) is 0 Å². The molecule has 0 fully saturated rings. The van der Waals surface area contributed by atoms with Gasteiger partial charge in [0.1, 0.15) is 6.07 Å². The maximum Gasteiger partial charge on any atom is 0.237 e. The largest absolute Gasteiger partial charge is 0.385 e. The number of rotatable bonds is 9. The van der Waals surface area contributed by atoms with E-state index in [0.717, 1.165) is 12.0 Å². The number of thioether (sulfide) groups is 1. The van der Waals surface area contributed by atoms with Gasteiger partial charge in [-0.25, -0.2) is 0 Å². The first-order chi connectivity index (χ1) is 15.0. The van der Waals surface area contributed by atoms with Gasteiger partial charge in [-0.15, -0.1) is 10.2 Å². The van der Waals surface area contributed by atoms with Crippen LogP contribution in [0.2, 0.25) is 5.02 Å². The molecule has 160 valence electrons. The Morgan fingerprint density at radius 2 is 2.00 bits per heavy atom. The molecule has 7 nitrogen and oxygen atoms in total. The lowest BCUT2D eigenvalue weighted by Gasteiger charge is -2.14. The van der Waals surface area contributed by atoms with Crippen molar-refractivity contribution in [1.82, 2.24) is 14.8 Å². The summed E-state index contributed by atoms with van der Waals surface area (Å²) in [5.74, 6) is 0.421. The van der Waals surface area contributed by atoms with Crippen LogP contribution in [0.3, 0.4) is 0 Å². The Kier molecular flexibility index (Phi) is 8.06. The van der Waals surface area contributed by atoms with Gasteiger partial charge in [-0.3, -0.25) is 4.79 Å². The monoisotopic (exact) mass is 455 g/mol. The van der Waals surface area contributed by atoms with Crippen LogP contribution in [0.4, 0.5) is 5.69 Å². The van der Waals surface area contributed by atoms with E-state index in [2.05, 4.69) is 21.6 Å². The predicted octanol–water partition coefficient (Wildman–Crippen LogP) is 4.63. The molecule has 1 N–H and O–H groups in total. The Balaban J connectivity index is 1.82. The average Bonchev–Trinajstić information content (AvgIpc) is 3.16. The maximum atomic E-state index is 12.7. The molecule has 0 saturated heterocycles. The van der Waals surface area contributed by atoms with Gasteiger partial charge in [0.05, 0.1) is 21.5 Å². The molecule has 0 bridgehead atoms. The van der Waals surface area contributed by atoms with Crippen LogP contribution < -0.4 is 5.32 Å². The number of ether oxygens (including phenoxy) is 1. The Morgan fingerprint density at radius 1 is 1.26 bits per heavy atom. The summed E-state index contributed by atoms with van der Waals surface area (Å²) < 4.78 is 7.14. The normalized spacial score (nSPS) is 11.7. The fourth-order valence-electron chi connectivity index (χ4n) is 2.92. The highest BCUT2D eigenvalue weighted by atomic mass is 35.5. The average molecular weight is 456 g/mol. The van der Waals surface area contributed by atoms with Gasteiger partial charge in [-0.1, -0.05) is 47.6 Å². The quantitative estimate of drug-likeness (QED) is 0.373. The number of benzene rings is 2. The van der Waals surface area contributed by atoms with E-state index in [4.69, 9.17) is 16.3 Å². The molecule has 0 radical (unpaired) electrons. The number of nitrogens with zero attached hydrogens (tertiary/aromatic N) is 4. The van der Waals surface area contributed by atoms with Crippen LogP contribution in [0, 0.1) is 11.3 Å². The van der Waals surface area contributed by atoms with Gasteiger partial charge in [-0.05, 0) is 37.6 Å². The van der Waals surface area contributed by atoms with E-state index in [1.165, 1.54) is 11.8 Å². The van der Waals surface area contributed by atoms with Gasteiger partial charge < -0.3 is 14.6 Å². The molecule has 0 saturated carbocycles. The van der Waals surface area contributed by atoms with Crippen LogP contribution >= 0.6 is 23.4 Å². The summed E-state index contributed by atoms with van der Waals surface area (Å²) in [4.78, 5) is 12.7. The number of methoxy groups -OCH3 is 1. The second-order valence-corrected chi connectivity index (χ2v) is 8.41. The SMILES string of the molecule is COCCCn1c(SC(C)C(=O)Nc2ccccc2C#N)nnc1-c1ccccc1Cl. The van der Waals surface area contributed by atoms with E-state index < -0.39 is 5.25 Å². The number of hydrogen-bond donors (Lipinski definition) is 1. The Hall–Kier alpha value is -2.86. The van der Waals surface area contributed by atoms with Gasteiger partial charge in [0.25, 0.3) is 0 Å². The summed E-state index contributed by atoms with van der Waals surface area (Å²) in [6.45, 7) is 3.00. The molecular weight excluding hydrogens is 434 g/mol. The van der Waals surface area contributed by atoms with Gasteiger partial charge in [0.2, 0.25) is 5.91 Å². The molecule has 0 spiro atoms. The van der Waals surface area contributed by atoms with Crippen LogP contribution in [0.1, 0.15) is 18.9 Å². The van der Waals surface area contributed by atoms with Crippen molar-refractivity contribution in [2.45, 2.75) is 30.3 Å². The summed E-state index contributed by atoms with van der Waals surface area (Å²) in [6.07, 6.45) is 0.760. The number of aromatic nitrogens is 3. The van der Waals surface area contributed by atoms with E-state index in [1.54, 1.807) is 44.4 Å². The minimum Gasteiger partial charge on any atom is -0.385 e. The van der Waals surface area contributed by atoms with Crippen molar-refractivity contribution in [2.75, 3.05) is 19.0 Å². The van der Waals surface area contributed by atoms with Crippen molar-refractivity contribution >= 4 is 35.0 Å². The molecule has 1 aromatic heterocycles. The Morgan fingerprint density at radius 3 is 2.74 bits per heavy atom. The van der Waals surface area contributed by atoms with E-state index in [0.29, 0.717) is 40.4 Å². The second kappa shape index (κ2) is 11.0. The summed E-state index contributed by atoms with van der Waals surface area (Å²) in [7, 11) is 1.66.